The van der Waals surface area contributed by atoms with Crippen molar-refractivity contribution in [1.82, 2.24) is 0 Å². The topological polar surface area (TPSA) is 32.3 Å². The van der Waals surface area contributed by atoms with Gasteiger partial charge in [0, 0.05) is 42.7 Å². The van der Waals surface area contributed by atoms with Gasteiger partial charge >= 0.3 is 0 Å². The number of nitrogens with zero attached hydrogens (tertiary/aromatic N) is 1. The standard InChI is InChI=1S/C32H29ClN2O/c1-35(2)29-14-12-22(24-8-5-6-10-26(24)29)19-23-18-21-7-3-4-9-25(21)30(23)31-27-17-20(15-16-33)11-13-28(27)34-32(31)36/h3-14,17-18,30-31H,15-16,19H2,1-2H3,(H,34,36). The molecule has 0 spiro atoms. The lowest BCUT2D eigenvalue weighted by Gasteiger charge is -2.24. The van der Waals surface area contributed by atoms with E-state index in [1.54, 1.807) is 0 Å². The fraction of sp³-hybridized carbons (Fsp3) is 0.219. The molecule has 2 unspecified atom stereocenters. The number of carbonyl (C=O) groups excluding carboxylic acids is 1. The molecule has 0 saturated carbocycles. The molecular weight excluding hydrogens is 464 g/mol. The average Bonchev–Trinajstić information content (AvgIpc) is 3.39. The van der Waals surface area contributed by atoms with Crippen LogP contribution in [0.15, 0.2) is 84.4 Å². The van der Waals surface area contributed by atoms with E-state index in [1.807, 2.05) is 6.07 Å². The molecule has 1 aliphatic carbocycles. The van der Waals surface area contributed by atoms with Crippen molar-refractivity contribution in [3.05, 3.63) is 112 Å². The first-order chi connectivity index (χ1) is 17.5. The first kappa shape index (κ1) is 22.9. The smallest absolute Gasteiger partial charge is 0.232 e. The quantitative estimate of drug-likeness (QED) is 0.290. The summed E-state index contributed by atoms with van der Waals surface area (Å²) in [6.45, 7) is 0. The van der Waals surface area contributed by atoms with Crippen LogP contribution < -0.4 is 10.2 Å². The third kappa shape index (κ3) is 3.79. The molecule has 1 amide bonds. The molecule has 4 heteroatoms. The highest BCUT2D eigenvalue weighted by molar-refractivity contribution is 6.18. The maximum absolute atomic E-state index is 13.5. The van der Waals surface area contributed by atoms with Crippen molar-refractivity contribution in [2.24, 2.45) is 0 Å². The van der Waals surface area contributed by atoms with Gasteiger partial charge in [0.2, 0.25) is 5.91 Å². The monoisotopic (exact) mass is 492 g/mol. The van der Waals surface area contributed by atoms with E-state index in [4.69, 9.17) is 11.6 Å². The van der Waals surface area contributed by atoms with Crippen molar-refractivity contribution in [2.75, 3.05) is 30.2 Å². The summed E-state index contributed by atoms with van der Waals surface area (Å²) in [7, 11) is 4.17. The minimum Gasteiger partial charge on any atom is -0.377 e. The van der Waals surface area contributed by atoms with E-state index in [0.717, 1.165) is 24.1 Å². The highest BCUT2D eigenvalue weighted by atomic mass is 35.5. The number of allylic oxidation sites excluding steroid dienone is 1. The maximum Gasteiger partial charge on any atom is 0.232 e. The number of amides is 1. The molecule has 4 aromatic carbocycles. The number of halogens is 1. The van der Waals surface area contributed by atoms with Gasteiger partial charge in [-0.2, -0.15) is 0 Å². The largest absolute Gasteiger partial charge is 0.377 e. The molecule has 0 bridgehead atoms. The second-order valence-electron chi connectivity index (χ2n) is 10.0. The van der Waals surface area contributed by atoms with Gasteiger partial charge in [0.15, 0.2) is 0 Å². The second kappa shape index (κ2) is 9.15. The van der Waals surface area contributed by atoms with Crippen molar-refractivity contribution in [2.45, 2.75) is 24.7 Å². The Balaban J connectivity index is 1.45. The van der Waals surface area contributed by atoms with Gasteiger partial charge in [0.1, 0.15) is 0 Å². The van der Waals surface area contributed by atoms with Gasteiger partial charge in [0.25, 0.3) is 0 Å². The third-order valence-electron chi connectivity index (χ3n) is 7.65. The first-order valence-electron chi connectivity index (χ1n) is 12.5. The fourth-order valence-corrected chi connectivity index (χ4v) is 6.23. The predicted octanol–water partition coefficient (Wildman–Crippen LogP) is 7.15. The van der Waals surface area contributed by atoms with Crippen LogP contribution in [0.1, 0.15) is 39.7 Å². The van der Waals surface area contributed by atoms with E-state index in [9.17, 15) is 4.79 Å². The number of carbonyl (C=O) groups is 1. The van der Waals surface area contributed by atoms with Crippen LogP contribution in [0.5, 0.6) is 0 Å². The zero-order valence-corrected chi connectivity index (χ0v) is 21.3. The lowest BCUT2D eigenvalue weighted by Crippen LogP contribution is -2.20. The van der Waals surface area contributed by atoms with Gasteiger partial charge in [-0.1, -0.05) is 78.4 Å². The van der Waals surface area contributed by atoms with Gasteiger partial charge in [-0.05, 0) is 58.2 Å². The Labute approximate surface area is 217 Å². The van der Waals surface area contributed by atoms with Crippen molar-refractivity contribution >= 4 is 45.7 Å². The third-order valence-corrected chi connectivity index (χ3v) is 7.84. The van der Waals surface area contributed by atoms with Crippen LogP contribution in [-0.2, 0) is 17.6 Å². The zero-order valence-electron chi connectivity index (χ0n) is 20.6. The summed E-state index contributed by atoms with van der Waals surface area (Å²) in [6.07, 6.45) is 3.90. The summed E-state index contributed by atoms with van der Waals surface area (Å²) in [5.41, 5.74) is 9.42. The molecule has 1 aliphatic heterocycles. The van der Waals surface area contributed by atoms with E-state index >= 15 is 0 Å². The van der Waals surface area contributed by atoms with E-state index in [-0.39, 0.29) is 17.7 Å². The summed E-state index contributed by atoms with van der Waals surface area (Å²) >= 11 is 6.04. The van der Waals surface area contributed by atoms with Gasteiger partial charge in [-0.15, -0.1) is 11.6 Å². The van der Waals surface area contributed by atoms with Crippen LogP contribution in [0.4, 0.5) is 11.4 Å². The average molecular weight is 493 g/mol. The predicted molar refractivity (Wildman–Crippen MR) is 151 cm³/mol. The molecular formula is C32H29ClN2O. The Morgan fingerprint density at radius 2 is 1.64 bits per heavy atom. The van der Waals surface area contributed by atoms with Crippen molar-refractivity contribution in [3.63, 3.8) is 0 Å². The lowest BCUT2D eigenvalue weighted by molar-refractivity contribution is -0.117. The Morgan fingerprint density at radius 3 is 2.44 bits per heavy atom. The highest BCUT2D eigenvalue weighted by Crippen LogP contribution is 2.51. The number of nitrogens with one attached hydrogen (secondary N) is 1. The van der Waals surface area contributed by atoms with Crippen LogP contribution in [0, 0.1) is 0 Å². The number of alkyl halides is 1. The van der Waals surface area contributed by atoms with Gasteiger partial charge in [-0.3, -0.25) is 4.79 Å². The fourth-order valence-electron chi connectivity index (χ4n) is 6.01. The second-order valence-corrected chi connectivity index (χ2v) is 10.4. The first-order valence-corrected chi connectivity index (χ1v) is 13.1. The molecule has 6 rings (SSSR count). The molecule has 3 nitrogen and oxygen atoms in total. The number of fused-ring (bicyclic) bond motifs is 3. The summed E-state index contributed by atoms with van der Waals surface area (Å²) in [5, 5.41) is 5.67. The zero-order chi connectivity index (χ0) is 24.8. The van der Waals surface area contributed by atoms with E-state index in [1.165, 1.54) is 44.3 Å². The summed E-state index contributed by atoms with van der Waals surface area (Å²) < 4.78 is 0. The lowest BCUT2D eigenvalue weighted by atomic mass is 9.77. The molecule has 0 saturated heterocycles. The molecule has 0 fully saturated rings. The van der Waals surface area contributed by atoms with E-state index < -0.39 is 0 Å². The Kier molecular flexibility index (Phi) is 5.81. The molecule has 0 radical (unpaired) electrons. The van der Waals surface area contributed by atoms with Crippen LogP contribution in [0.2, 0.25) is 0 Å². The molecule has 4 aromatic rings. The number of hydrogen-bond donors (Lipinski definition) is 1. The minimum atomic E-state index is -0.252. The number of rotatable bonds is 6. The van der Waals surface area contributed by atoms with Crippen LogP contribution >= 0.6 is 11.6 Å². The maximum atomic E-state index is 13.5. The van der Waals surface area contributed by atoms with Gasteiger partial charge in [-0.25, -0.2) is 0 Å². The highest BCUT2D eigenvalue weighted by Gasteiger charge is 2.42. The molecule has 36 heavy (non-hydrogen) atoms. The van der Waals surface area contributed by atoms with E-state index in [0.29, 0.717) is 5.88 Å². The molecule has 1 N–H and O–H groups in total. The Morgan fingerprint density at radius 1 is 0.861 bits per heavy atom. The van der Waals surface area contributed by atoms with Crippen LogP contribution in [0.3, 0.4) is 0 Å². The van der Waals surface area contributed by atoms with Gasteiger partial charge < -0.3 is 10.2 Å². The Hall–Kier alpha value is -3.56. The number of hydrogen-bond acceptors (Lipinski definition) is 2. The Bertz CT molecular complexity index is 1520. The van der Waals surface area contributed by atoms with Crippen LogP contribution in [-0.4, -0.2) is 25.9 Å². The molecule has 180 valence electrons. The van der Waals surface area contributed by atoms with Gasteiger partial charge in [0.05, 0.1) is 5.92 Å². The summed E-state index contributed by atoms with van der Waals surface area (Å²) in [6, 6.07) is 27.9. The normalized spacial score (nSPS) is 18.1. The molecule has 2 atom stereocenters. The van der Waals surface area contributed by atoms with Crippen molar-refractivity contribution in [3.8, 4) is 0 Å². The van der Waals surface area contributed by atoms with Crippen LogP contribution in [0.25, 0.3) is 16.8 Å². The number of anilines is 2. The van der Waals surface area contributed by atoms with E-state index in [2.05, 4.69) is 103 Å². The SMILES string of the molecule is CN(C)c1ccc(CC2=Cc3ccccc3C2C2C(=O)Nc3ccc(CCCl)cc32)c2ccccc12. The number of benzene rings is 4. The minimum absolute atomic E-state index is 0.000916. The molecule has 1 heterocycles. The van der Waals surface area contributed by atoms with Crippen molar-refractivity contribution in [1.29, 1.82) is 0 Å². The summed E-state index contributed by atoms with van der Waals surface area (Å²) in [4.78, 5) is 15.6. The molecule has 0 aromatic heterocycles. The summed E-state index contributed by atoms with van der Waals surface area (Å²) in [5.74, 6) is 0.394. The number of aryl methyl sites for hydroxylation is 1. The molecule has 2 aliphatic rings. The van der Waals surface area contributed by atoms with Crippen molar-refractivity contribution < 1.29 is 4.79 Å².